The monoisotopic (exact) mass is 487 g/mol. The van der Waals surface area contributed by atoms with Crippen LogP contribution in [0.5, 0.6) is 0 Å². The van der Waals surface area contributed by atoms with Crippen LogP contribution >= 0.6 is 7.82 Å². The van der Waals surface area contributed by atoms with Crippen molar-refractivity contribution in [3.8, 4) is 0 Å². The van der Waals surface area contributed by atoms with E-state index in [0.717, 1.165) is 30.3 Å². The maximum absolute atomic E-state index is 13.0. The van der Waals surface area contributed by atoms with Crippen LogP contribution in [0, 0.1) is 0 Å². The van der Waals surface area contributed by atoms with Crippen LogP contribution in [0.1, 0.15) is 58.1 Å². The lowest BCUT2D eigenvalue weighted by atomic mass is 9.93. The lowest BCUT2D eigenvalue weighted by molar-refractivity contribution is -0.148. The number of esters is 1. The van der Waals surface area contributed by atoms with Crippen LogP contribution in [0.25, 0.3) is 0 Å². The molecule has 3 N–H and O–H groups in total. The number of aromatic amines is 1. The van der Waals surface area contributed by atoms with Gasteiger partial charge in [-0.3, -0.25) is 32.7 Å². The molecular weight excluding hydrogens is 457 g/mol. The second-order valence-corrected chi connectivity index (χ2v) is 10.5. The number of nitrogens with two attached hydrogens (primary N) is 1. The fourth-order valence-corrected chi connectivity index (χ4v) is 5.93. The van der Waals surface area contributed by atoms with Crippen molar-refractivity contribution >= 4 is 13.8 Å². The molecular formula is C20H30N3O9P. The fraction of sp³-hybridized carbons (Fsp3) is 0.750. The first-order valence-corrected chi connectivity index (χ1v) is 12.7. The highest BCUT2D eigenvalue weighted by molar-refractivity contribution is 7.48. The van der Waals surface area contributed by atoms with E-state index < -0.39 is 43.0 Å². The molecule has 0 unspecified atom stereocenters. The Morgan fingerprint density at radius 2 is 2.09 bits per heavy atom. The average molecular weight is 487 g/mol. The number of hydrogen-bond acceptors (Lipinski definition) is 10. The molecule has 12 nitrogen and oxygen atoms in total. The maximum atomic E-state index is 13.0. The smallest absolute Gasteiger partial charge is 0.462 e. The summed E-state index contributed by atoms with van der Waals surface area (Å²) in [5, 5.41) is 0. The van der Waals surface area contributed by atoms with Crippen molar-refractivity contribution in [3.05, 3.63) is 33.1 Å². The maximum Gasteiger partial charge on any atom is 0.475 e. The number of nitrogens with one attached hydrogen (secondary N) is 1. The molecule has 1 saturated carbocycles. The molecule has 1 aliphatic carbocycles. The van der Waals surface area contributed by atoms with Gasteiger partial charge in [-0.05, 0) is 45.4 Å². The quantitative estimate of drug-likeness (QED) is 0.311. The number of ether oxygens (including phenoxy) is 2. The van der Waals surface area contributed by atoms with Gasteiger partial charge in [0.1, 0.15) is 18.3 Å². The van der Waals surface area contributed by atoms with E-state index in [1.165, 1.54) is 12.3 Å². The Hall–Kier alpha value is -1.82. The number of carbonyl (C=O) groups excluding carboxylic acids is 1. The van der Waals surface area contributed by atoms with Gasteiger partial charge in [0.2, 0.25) is 0 Å². The Kier molecular flexibility index (Phi) is 7.23. The number of aromatic nitrogens is 2. The van der Waals surface area contributed by atoms with Gasteiger partial charge in [-0.2, -0.15) is 0 Å². The van der Waals surface area contributed by atoms with Gasteiger partial charge in [0, 0.05) is 18.7 Å². The molecule has 3 aliphatic rings. The van der Waals surface area contributed by atoms with Crippen LogP contribution in [0.15, 0.2) is 21.9 Å². The summed E-state index contributed by atoms with van der Waals surface area (Å²) < 4.78 is 41.7. The summed E-state index contributed by atoms with van der Waals surface area (Å²) in [6.45, 7) is 1.57. The van der Waals surface area contributed by atoms with E-state index in [1.807, 2.05) is 0 Å². The summed E-state index contributed by atoms with van der Waals surface area (Å²) in [5.74, 6) is -0.230. The van der Waals surface area contributed by atoms with Gasteiger partial charge in [0.05, 0.1) is 18.8 Å². The third-order valence-electron chi connectivity index (χ3n) is 6.15. The molecule has 33 heavy (non-hydrogen) atoms. The molecule has 0 spiro atoms. The fourth-order valence-electron chi connectivity index (χ4n) is 4.41. The summed E-state index contributed by atoms with van der Waals surface area (Å²) in [6.07, 6.45) is 4.09. The predicted molar refractivity (Wildman–Crippen MR) is 114 cm³/mol. The van der Waals surface area contributed by atoms with E-state index in [0.29, 0.717) is 12.8 Å². The van der Waals surface area contributed by atoms with Gasteiger partial charge in [0.25, 0.3) is 5.56 Å². The van der Waals surface area contributed by atoms with E-state index in [2.05, 4.69) is 4.98 Å². The molecule has 2 aliphatic heterocycles. The molecule has 0 amide bonds. The lowest BCUT2D eigenvalue weighted by Crippen LogP contribution is -2.55. The zero-order chi connectivity index (χ0) is 23.6. The number of unbranched alkanes of at least 4 members (excludes halogenated alkanes) is 1. The molecule has 5 atom stereocenters. The zero-order valence-electron chi connectivity index (χ0n) is 18.5. The Bertz CT molecular complexity index is 1020. The zero-order valence-corrected chi connectivity index (χ0v) is 19.4. The third-order valence-corrected chi connectivity index (χ3v) is 7.60. The first-order chi connectivity index (χ1) is 15.7. The van der Waals surface area contributed by atoms with Crippen molar-refractivity contribution in [3.63, 3.8) is 0 Å². The molecule has 0 aromatic carbocycles. The van der Waals surface area contributed by atoms with E-state index in [9.17, 15) is 18.9 Å². The number of H-pyrrole nitrogens is 1. The Balaban J connectivity index is 1.28. The molecule has 0 bridgehead atoms. The number of carbonyl (C=O) groups is 1. The lowest BCUT2D eigenvalue weighted by Gasteiger charge is -2.35. The number of fused-ring (bicyclic) bond motifs is 1. The minimum Gasteiger partial charge on any atom is -0.462 e. The summed E-state index contributed by atoms with van der Waals surface area (Å²) in [5.41, 5.74) is 3.93. The predicted octanol–water partition coefficient (Wildman–Crippen LogP) is 1.35. The van der Waals surface area contributed by atoms with Gasteiger partial charge in [-0.1, -0.05) is 0 Å². The molecule has 13 heteroatoms. The van der Waals surface area contributed by atoms with E-state index >= 15 is 0 Å². The Morgan fingerprint density at radius 3 is 2.82 bits per heavy atom. The highest BCUT2D eigenvalue weighted by atomic mass is 31.2. The molecule has 2 saturated heterocycles. The standard InChI is InChI=1S/C20H30N3O9P/c1-20(21)17-14(31-18(20)23-10-9-15(24)22-19(23)26)12-29-33(27,32-17)28-11-5-4-8-16(25)30-13-6-2-3-7-13/h9-10,13-14,17-18H,2-8,11-12,21H2,1H3,(H,22,24,26)/t14-,17-,18-,20-,33-/m1/s1. The van der Waals surface area contributed by atoms with Crippen molar-refractivity contribution in [1.82, 2.24) is 9.55 Å². The summed E-state index contributed by atoms with van der Waals surface area (Å²) >= 11 is 0. The van der Waals surface area contributed by atoms with Gasteiger partial charge >= 0.3 is 19.5 Å². The van der Waals surface area contributed by atoms with Crippen LogP contribution in [-0.4, -0.2) is 52.6 Å². The molecule has 184 valence electrons. The highest BCUT2D eigenvalue weighted by Gasteiger charge is 2.59. The van der Waals surface area contributed by atoms with Crippen molar-refractivity contribution in [2.75, 3.05) is 13.2 Å². The van der Waals surface area contributed by atoms with Crippen molar-refractivity contribution in [2.24, 2.45) is 5.73 Å². The minimum atomic E-state index is -3.91. The number of rotatable bonds is 8. The van der Waals surface area contributed by atoms with Crippen molar-refractivity contribution in [1.29, 1.82) is 0 Å². The minimum absolute atomic E-state index is 0.0385. The van der Waals surface area contributed by atoms with Gasteiger partial charge in [0.15, 0.2) is 6.23 Å². The van der Waals surface area contributed by atoms with Crippen molar-refractivity contribution < 1.29 is 32.4 Å². The Morgan fingerprint density at radius 1 is 1.33 bits per heavy atom. The second-order valence-electron chi connectivity index (χ2n) is 8.87. The first-order valence-electron chi connectivity index (χ1n) is 11.2. The largest absolute Gasteiger partial charge is 0.475 e. The van der Waals surface area contributed by atoms with Gasteiger partial charge < -0.3 is 15.2 Å². The van der Waals surface area contributed by atoms with Crippen molar-refractivity contribution in [2.45, 2.75) is 81.9 Å². The van der Waals surface area contributed by atoms with Crippen LogP contribution in [-0.2, 0) is 32.4 Å². The van der Waals surface area contributed by atoms with E-state index in [4.69, 9.17) is 28.8 Å². The molecule has 0 radical (unpaired) electrons. The highest BCUT2D eigenvalue weighted by Crippen LogP contribution is 2.58. The average Bonchev–Trinajstić information content (AvgIpc) is 3.34. The topological polar surface area (TPSA) is 161 Å². The molecule has 3 heterocycles. The van der Waals surface area contributed by atoms with Crippen LogP contribution < -0.4 is 17.0 Å². The third kappa shape index (κ3) is 5.47. The Labute approximate surface area is 190 Å². The molecule has 3 fully saturated rings. The van der Waals surface area contributed by atoms with E-state index in [1.54, 1.807) is 6.92 Å². The van der Waals surface area contributed by atoms with Gasteiger partial charge in [-0.15, -0.1) is 0 Å². The van der Waals surface area contributed by atoms with Gasteiger partial charge in [-0.25, -0.2) is 9.36 Å². The van der Waals surface area contributed by atoms with Crippen LogP contribution in [0.4, 0.5) is 0 Å². The summed E-state index contributed by atoms with van der Waals surface area (Å²) in [7, 11) is -3.91. The summed E-state index contributed by atoms with van der Waals surface area (Å²) in [6, 6.07) is 1.18. The summed E-state index contributed by atoms with van der Waals surface area (Å²) in [4.78, 5) is 37.6. The molecule has 1 aromatic heterocycles. The first kappa shape index (κ1) is 24.3. The molecule has 4 rings (SSSR count). The number of nitrogens with zero attached hydrogens (tertiary/aromatic N) is 1. The molecule has 1 aromatic rings. The normalized spacial score (nSPS) is 34.3. The van der Waals surface area contributed by atoms with Crippen LogP contribution in [0.3, 0.4) is 0 Å². The SMILES string of the molecule is C[C@@]1(N)[C@@H]2O[P@](=O)(OCCCCC(=O)OC3CCCC3)OC[C@H]2O[C@H]1n1ccc(=O)[nH]c1=O. The number of phosphoric acid groups is 1. The van der Waals surface area contributed by atoms with Crippen LogP contribution in [0.2, 0.25) is 0 Å². The second kappa shape index (κ2) is 9.81. The van der Waals surface area contributed by atoms with E-state index in [-0.39, 0.29) is 31.7 Å². The number of hydrogen-bond donors (Lipinski definition) is 2. The number of phosphoric ester groups is 1.